The van der Waals surface area contributed by atoms with Gasteiger partial charge in [-0.1, -0.05) is 106 Å². The molecule has 1 N–H and O–H groups in total. The van der Waals surface area contributed by atoms with Gasteiger partial charge in [0.15, 0.2) is 0 Å². The number of nitrogens with one attached hydrogen (secondary N) is 1. The lowest BCUT2D eigenvalue weighted by atomic mass is 9.94. The van der Waals surface area contributed by atoms with Gasteiger partial charge in [-0.05, 0) is 72.6 Å². The van der Waals surface area contributed by atoms with Gasteiger partial charge in [0, 0.05) is 16.3 Å². The Bertz CT molecular complexity index is 1710. The van der Waals surface area contributed by atoms with E-state index in [1.807, 2.05) is 0 Å². The van der Waals surface area contributed by atoms with E-state index in [2.05, 4.69) is 89.9 Å². The molecule has 2 aliphatic carbocycles. The van der Waals surface area contributed by atoms with E-state index >= 15 is 0 Å². The Balaban J connectivity index is 0.780. The number of benzene rings is 4. The molecule has 0 spiro atoms. The minimum absolute atomic E-state index is 0.0401. The molecule has 0 amide bonds. The highest BCUT2D eigenvalue weighted by molar-refractivity contribution is 6.23. The van der Waals surface area contributed by atoms with Crippen molar-refractivity contribution in [3.63, 3.8) is 0 Å². The minimum Gasteiger partial charge on any atom is -0.494 e. The molecule has 232 valence electrons. The maximum absolute atomic E-state index is 12.3. The Kier molecular flexibility index (Phi) is 9.13. The molecule has 5 heteroatoms. The summed E-state index contributed by atoms with van der Waals surface area (Å²) in [5, 5.41) is 4.85. The zero-order chi connectivity index (χ0) is 30.4. The fraction of sp³-hybridized carbons (Fsp3) is 0.400. The molecule has 1 saturated carbocycles. The number of esters is 1. The van der Waals surface area contributed by atoms with Gasteiger partial charge in [-0.25, -0.2) is 4.98 Å². The van der Waals surface area contributed by atoms with E-state index in [0.29, 0.717) is 18.4 Å². The van der Waals surface area contributed by atoms with Crippen LogP contribution in [0.4, 0.5) is 0 Å². The van der Waals surface area contributed by atoms with Crippen LogP contribution in [0.15, 0.2) is 84.9 Å². The highest BCUT2D eigenvalue weighted by Crippen LogP contribution is 2.44. The van der Waals surface area contributed by atoms with Crippen LogP contribution in [-0.2, 0) is 9.53 Å². The number of hydrogen-bond acceptors (Lipinski definition) is 4. The summed E-state index contributed by atoms with van der Waals surface area (Å²) in [6.07, 6.45) is 17.4. The summed E-state index contributed by atoms with van der Waals surface area (Å²) < 4.78 is 11.6. The molecule has 0 aliphatic heterocycles. The van der Waals surface area contributed by atoms with Crippen LogP contribution >= 0.6 is 0 Å². The molecule has 3 atom stereocenters. The Morgan fingerprint density at radius 3 is 1.98 bits per heavy atom. The first-order valence-electron chi connectivity index (χ1n) is 17.1. The van der Waals surface area contributed by atoms with Crippen LogP contribution in [0.25, 0.3) is 44.0 Å². The Hall–Kier alpha value is -4.12. The molecule has 2 bridgehead atoms. The summed E-state index contributed by atoms with van der Waals surface area (Å²) in [6.45, 7) is 1.34. The number of carbonyl (C=O) groups excluding carboxylic acids is 1. The van der Waals surface area contributed by atoms with Crippen LogP contribution < -0.4 is 4.74 Å². The molecule has 0 saturated heterocycles. The number of fused-ring (bicyclic) bond motifs is 8. The van der Waals surface area contributed by atoms with Crippen LogP contribution in [-0.4, -0.2) is 29.2 Å². The number of H-pyrrole nitrogens is 1. The molecular weight excluding hydrogens is 556 g/mol. The average molecular weight is 601 g/mol. The van der Waals surface area contributed by atoms with Crippen molar-refractivity contribution in [3.05, 3.63) is 84.9 Å². The molecule has 5 aromatic rings. The third-order valence-electron chi connectivity index (χ3n) is 9.88. The molecular formula is C40H44N2O3. The molecule has 3 unspecified atom stereocenters. The first-order chi connectivity index (χ1) is 22.2. The Morgan fingerprint density at radius 1 is 0.689 bits per heavy atom. The van der Waals surface area contributed by atoms with Crippen molar-refractivity contribution in [1.29, 1.82) is 0 Å². The van der Waals surface area contributed by atoms with Gasteiger partial charge in [0.1, 0.15) is 11.6 Å². The molecule has 45 heavy (non-hydrogen) atoms. The number of hydrogen-bond donors (Lipinski definition) is 1. The van der Waals surface area contributed by atoms with Gasteiger partial charge >= 0.3 is 5.97 Å². The van der Waals surface area contributed by atoms with Crippen LogP contribution in [0.2, 0.25) is 0 Å². The predicted octanol–water partition coefficient (Wildman–Crippen LogP) is 10.2. The SMILES string of the molecule is O=C(OCCCCCCCCCCCOc1ccc(-c2nc3c4ccccc4c4ccccc4c3[nH]2)cc1)C1CC2C=CC1C2. The number of aromatic nitrogens is 2. The Labute approximate surface area is 266 Å². The quantitative estimate of drug-likeness (QED) is 0.0562. The van der Waals surface area contributed by atoms with Crippen LogP contribution in [0.3, 0.4) is 0 Å². The number of aromatic amines is 1. The van der Waals surface area contributed by atoms with E-state index in [9.17, 15) is 4.79 Å². The number of nitrogens with zero attached hydrogens (tertiary/aromatic N) is 1. The topological polar surface area (TPSA) is 64.2 Å². The minimum atomic E-state index is 0.0401. The summed E-state index contributed by atoms with van der Waals surface area (Å²) in [7, 11) is 0. The van der Waals surface area contributed by atoms with Gasteiger partial charge in [0.2, 0.25) is 0 Å². The van der Waals surface area contributed by atoms with E-state index in [1.54, 1.807) is 0 Å². The summed E-state index contributed by atoms with van der Waals surface area (Å²) in [5.74, 6) is 3.02. The lowest BCUT2D eigenvalue weighted by molar-refractivity contribution is -0.149. The maximum atomic E-state index is 12.3. The molecule has 2 aliphatic rings. The number of allylic oxidation sites excluding steroid dienone is 2. The molecule has 4 aromatic carbocycles. The summed E-state index contributed by atoms with van der Waals surface area (Å²) in [6, 6.07) is 25.4. The lowest BCUT2D eigenvalue weighted by Crippen LogP contribution is -2.21. The van der Waals surface area contributed by atoms with Gasteiger partial charge in [-0.15, -0.1) is 0 Å². The van der Waals surface area contributed by atoms with E-state index in [4.69, 9.17) is 14.5 Å². The highest BCUT2D eigenvalue weighted by atomic mass is 16.5. The monoisotopic (exact) mass is 600 g/mol. The standard InChI is InChI=1S/C40H44N2O3/c43-40(36-27-28-18-19-30(36)26-28)45-25-13-7-5-3-1-2-4-6-12-24-44-31-22-20-29(21-23-31)39-41-37-34-16-10-8-14-32(34)33-15-9-11-17-35(33)38(37)42-39/h8-11,14-23,28,30,36H,1-7,12-13,24-27H2,(H,41,42). The number of rotatable bonds is 15. The second kappa shape index (κ2) is 13.9. The summed E-state index contributed by atoms with van der Waals surface area (Å²) >= 11 is 0. The lowest BCUT2D eigenvalue weighted by Gasteiger charge is -2.16. The van der Waals surface area contributed by atoms with Crippen molar-refractivity contribution in [3.8, 4) is 17.1 Å². The molecule has 1 aromatic heterocycles. The summed E-state index contributed by atoms with van der Waals surface area (Å²) in [4.78, 5) is 20.9. The maximum Gasteiger partial charge on any atom is 0.309 e. The number of ether oxygens (including phenoxy) is 2. The van der Waals surface area contributed by atoms with Crippen molar-refractivity contribution in [1.82, 2.24) is 9.97 Å². The van der Waals surface area contributed by atoms with Gasteiger partial charge in [0.05, 0.1) is 30.2 Å². The zero-order valence-corrected chi connectivity index (χ0v) is 26.2. The van der Waals surface area contributed by atoms with E-state index < -0.39 is 0 Å². The fourth-order valence-corrected chi connectivity index (χ4v) is 7.43. The van der Waals surface area contributed by atoms with Crippen molar-refractivity contribution in [2.75, 3.05) is 13.2 Å². The van der Waals surface area contributed by atoms with Gasteiger partial charge in [-0.2, -0.15) is 0 Å². The average Bonchev–Trinajstić information content (AvgIpc) is 3.84. The van der Waals surface area contributed by atoms with E-state index in [0.717, 1.165) is 66.9 Å². The number of imidazole rings is 1. The second-order valence-electron chi connectivity index (χ2n) is 13.0. The highest BCUT2D eigenvalue weighted by Gasteiger charge is 2.40. The smallest absolute Gasteiger partial charge is 0.309 e. The molecule has 1 heterocycles. The second-order valence-corrected chi connectivity index (χ2v) is 13.0. The van der Waals surface area contributed by atoms with Gasteiger partial charge in [-0.3, -0.25) is 4.79 Å². The van der Waals surface area contributed by atoms with Crippen molar-refractivity contribution < 1.29 is 14.3 Å². The van der Waals surface area contributed by atoms with Crippen LogP contribution in [0.5, 0.6) is 5.75 Å². The zero-order valence-electron chi connectivity index (χ0n) is 26.2. The third-order valence-corrected chi connectivity index (χ3v) is 9.88. The predicted molar refractivity (Wildman–Crippen MR) is 183 cm³/mol. The molecule has 0 radical (unpaired) electrons. The number of unbranched alkanes of at least 4 members (excludes halogenated alkanes) is 8. The van der Waals surface area contributed by atoms with Crippen molar-refractivity contribution in [2.24, 2.45) is 17.8 Å². The molecule has 5 nitrogen and oxygen atoms in total. The van der Waals surface area contributed by atoms with Crippen molar-refractivity contribution >= 4 is 38.5 Å². The normalized spacial score (nSPS) is 18.8. The molecule has 1 fully saturated rings. The number of carbonyl (C=O) groups is 1. The fourth-order valence-electron chi connectivity index (χ4n) is 7.43. The van der Waals surface area contributed by atoms with E-state index in [1.165, 1.54) is 60.1 Å². The van der Waals surface area contributed by atoms with Crippen molar-refractivity contribution in [2.45, 2.75) is 70.6 Å². The van der Waals surface area contributed by atoms with Gasteiger partial charge < -0.3 is 14.5 Å². The first kappa shape index (κ1) is 29.6. The van der Waals surface area contributed by atoms with E-state index in [-0.39, 0.29) is 11.9 Å². The Morgan fingerprint density at radius 2 is 1.31 bits per heavy atom. The summed E-state index contributed by atoms with van der Waals surface area (Å²) in [5.41, 5.74) is 3.16. The third kappa shape index (κ3) is 6.63. The first-order valence-corrected chi connectivity index (χ1v) is 17.1. The molecule has 7 rings (SSSR count). The largest absolute Gasteiger partial charge is 0.494 e. The van der Waals surface area contributed by atoms with Crippen LogP contribution in [0, 0.1) is 17.8 Å². The van der Waals surface area contributed by atoms with Gasteiger partial charge in [0.25, 0.3) is 0 Å². The van der Waals surface area contributed by atoms with Crippen LogP contribution in [0.1, 0.15) is 70.6 Å².